The van der Waals surface area contributed by atoms with Crippen molar-refractivity contribution >= 4 is 28.2 Å². The van der Waals surface area contributed by atoms with Crippen LogP contribution in [0.15, 0.2) is 48.8 Å². The summed E-state index contributed by atoms with van der Waals surface area (Å²) in [6.07, 6.45) is 10.3. The Kier molecular flexibility index (Phi) is 4.54. The van der Waals surface area contributed by atoms with Gasteiger partial charge in [-0.1, -0.05) is 29.8 Å². The molecule has 0 unspecified atom stereocenters. The molecule has 154 valence electrons. The number of benzene rings is 1. The van der Waals surface area contributed by atoms with Gasteiger partial charge >= 0.3 is 0 Å². The molecule has 0 N–H and O–H groups in total. The van der Waals surface area contributed by atoms with Crippen LogP contribution in [0.2, 0.25) is 5.02 Å². The Labute approximate surface area is 181 Å². The Morgan fingerprint density at radius 3 is 2.60 bits per heavy atom. The average molecular weight is 420 g/mol. The SMILES string of the molecule is Clc1c(CN2CCC(n3ccc4ccccc43)CC2)ccn2c(CC3CC3)nnc12. The standard InChI is InChI=1S/C24H26ClN5/c25-23-19(8-14-30-22(15-17-5-6-17)26-27-24(23)30)16-28-11-9-20(10-12-28)29-13-7-18-3-1-2-4-21(18)29/h1-4,7-8,13-14,17,20H,5-6,9-12,15-16H2. The quantitative estimate of drug-likeness (QED) is 0.450. The van der Waals surface area contributed by atoms with Crippen molar-refractivity contribution in [3.8, 4) is 0 Å². The number of aromatic nitrogens is 4. The smallest absolute Gasteiger partial charge is 0.179 e. The van der Waals surface area contributed by atoms with Crippen LogP contribution in [-0.2, 0) is 13.0 Å². The highest BCUT2D eigenvalue weighted by Crippen LogP contribution is 2.33. The molecule has 0 spiro atoms. The van der Waals surface area contributed by atoms with Gasteiger partial charge in [-0.2, -0.15) is 0 Å². The third-order valence-electron chi connectivity index (χ3n) is 6.81. The minimum absolute atomic E-state index is 0.570. The lowest BCUT2D eigenvalue weighted by molar-refractivity contribution is 0.181. The number of fused-ring (bicyclic) bond motifs is 2. The van der Waals surface area contributed by atoms with E-state index in [-0.39, 0.29) is 0 Å². The van der Waals surface area contributed by atoms with Crippen LogP contribution in [0.3, 0.4) is 0 Å². The number of para-hydroxylation sites is 1. The van der Waals surface area contributed by atoms with Crippen molar-refractivity contribution in [1.29, 1.82) is 0 Å². The largest absolute Gasteiger partial charge is 0.344 e. The van der Waals surface area contributed by atoms with E-state index < -0.39 is 0 Å². The predicted octanol–water partition coefficient (Wildman–Crippen LogP) is 5.13. The first-order chi connectivity index (χ1) is 14.8. The van der Waals surface area contributed by atoms with Crippen molar-refractivity contribution in [3.63, 3.8) is 0 Å². The molecule has 30 heavy (non-hydrogen) atoms. The third-order valence-corrected chi connectivity index (χ3v) is 7.22. The Bertz CT molecular complexity index is 1200. The highest BCUT2D eigenvalue weighted by molar-refractivity contribution is 6.34. The third kappa shape index (κ3) is 3.30. The minimum atomic E-state index is 0.570. The second kappa shape index (κ2) is 7.40. The highest BCUT2D eigenvalue weighted by atomic mass is 35.5. The van der Waals surface area contributed by atoms with E-state index in [0.29, 0.717) is 6.04 Å². The molecule has 0 atom stereocenters. The summed E-state index contributed by atoms with van der Waals surface area (Å²) in [6, 6.07) is 13.6. The first-order valence-electron chi connectivity index (χ1n) is 11.1. The fourth-order valence-corrected chi connectivity index (χ4v) is 5.12. The van der Waals surface area contributed by atoms with Crippen LogP contribution in [0.5, 0.6) is 0 Å². The molecule has 3 aromatic heterocycles. The van der Waals surface area contributed by atoms with Gasteiger partial charge in [0, 0.05) is 50.0 Å². The number of rotatable bonds is 5. The maximum Gasteiger partial charge on any atom is 0.179 e. The zero-order valence-electron chi connectivity index (χ0n) is 17.0. The van der Waals surface area contributed by atoms with Crippen LogP contribution < -0.4 is 0 Å². The van der Waals surface area contributed by atoms with Crippen molar-refractivity contribution in [3.05, 3.63) is 65.2 Å². The Balaban J connectivity index is 1.15. The lowest BCUT2D eigenvalue weighted by Gasteiger charge is -2.33. The van der Waals surface area contributed by atoms with Crippen LogP contribution in [0.25, 0.3) is 16.6 Å². The Morgan fingerprint density at radius 1 is 0.933 bits per heavy atom. The normalized spacial score (nSPS) is 18.6. The van der Waals surface area contributed by atoms with Crippen LogP contribution in [0.4, 0.5) is 0 Å². The van der Waals surface area contributed by atoms with E-state index in [9.17, 15) is 0 Å². The molecule has 1 aliphatic heterocycles. The van der Waals surface area contributed by atoms with Gasteiger partial charge in [0.15, 0.2) is 5.65 Å². The second-order valence-corrected chi connectivity index (χ2v) is 9.28. The number of piperidine rings is 1. The molecular weight excluding hydrogens is 394 g/mol. The Hall–Kier alpha value is -2.37. The van der Waals surface area contributed by atoms with Gasteiger partial charge < -0.3 is 4.57 Å². The molecule has 1 aromatic carbocycles. The summed E-state index contributed by atoms with van der Waals surface area (Å²) in [6.45, 7) is 3.04. The van der Waals surface area contributed by atoms with Gasteiger partial charge in [0.25, 0.3) is 0 Å². The lowest BCUT2D eigenvalue weighted by Crippen LogP contribution is -2.34. The van der Waals surface area contributed by atoms with Crippen LogP contribution in [-0.4, -0.2) is 37.2 Å². The molecule has 5 nitrogen and oxygen atoms in total. The van der Waals surface area contributed by atoms with E-state index in [4.69, 9.17) is 11.6 Å². The number of pyridine rings is 1. The molecule has 4 heterocycles. The van der Waals surface area contributed by atoms with E-state index in [1.54, 1.807) is 0 Å². The lowest BCUT2D eigenvalue weighted by atomic mass is 10.0. The molecule has 1 aliphatic carbocycles. The monoisotopic (exact) mass is 419 g/mol. The van der Waals surface area contributed by atoms with E-state index in [0.717, 1.165) is 66.9 Å². The molecule has 2 aliphatic rings. The zero-order valence-corrected chi connectivity index (χ0v) is 17.8. The molecule has 0 bridgehead atoms. The van der Waals surface area contributed by atoms with Gasteiger partial charge in [-0.25, -0.2) is 0 Å². The molecule has 6 heteroatoms. The number of hydrogen-bond donors (Lipinski definition) is 0. The minimum Gasteiger partial charge on any atom is -0.344 e. The van der Waals surface area contributed by atoms with Gasteiger partial charge in [0.05, 0.1) is 5.02 Å². The topological polar surface area (TPSA) is 38.4 Å². The zero-order chi connectivity index (χ0) is 20.1. The van der Waals surface area contributed by atoms with Crippen LogP contribution in [0.1, 0.15) is 43.1 Å². The maximum absolute atomic E-state index is 6.75. The molecule has 2 fully saturated rings. The van der Waals surface area contributed by atoms with Crippen LogP contribution >= 0.6 is 11.6 Å². The molecule has 4 aromatic rings. The van der Waals surface area contributed by atoms with Crippen LogP contribution in [0, 0.1) is 5.92 Å². The molecule has 0 radical (unpaired) electrons. The summed E-state index contributed by atoms with van der Waals surface area (Å²) in [5.74, 6) is 1.83. The van der Waals surface area contributed by atoms with Gasteiger partial charge in [-0.15, -0.1) is 10.2 Å². The Morgan fingerprint density at radius 2 is 1.77 bits per heavy atom. The van der Waals surface area contributed by atoms with Crippen molar-refractivity contribution in [2.75, 3.05) is 13.1 Å². The number of likely N-dealkylation sites (tertiary alicyclic amines) is 1. The highest BCUT2D eigenvalue weighted by Gasteiger charge is 2.25. The molecule has 0 amide bonds. The summed E-state index contributed by atoms with van der Waals surface area (Å²) in [5, 5.41) is 10.9. The van der Waals surface area contributed by atoms with E-state index in [2.05, 4.69) is 72.9 Å². The van der Waals surface area contributed by atoms with Gasteiger partial charge in [0.1, 0.15) is 5.82 Å². The summed E-state index contributed by atoms with van der Waals surface area (Å²) in [5.41, 5.74) is 3.30. The summed E-state index contributed by atoms with van der Waals surface area (Å²) < 4.78 is 4.54. The summed E-state index contributed by atoms with van der Waals surface area (Å²) >= 11 is 6.75. The van der Waals surface area contributed by atoms with Gasteiger partial charge in [-0.05, 0) is 60.7 Å². The number of halogens is 1. The van der Waals surface area contributed by atoms with Crippen molar-refractivity contribution < 1.29 is 0 Å². The molecule has 6 rings (SSSR count). The predicted molar refractivity (Wildman–Crippen MR) is 120 cm³/mol. The number of hydrogen-bond acceptors (Lipinski definition) is 3. The fourth-order valence-electron chi connectivity index (χ4n) is 4.87. The van der Waals surface area contributed by atoms with E-state index in [1.165, 1.54) is 23.7 Å². The molecule has 1 saturated heterocycles. The van der Waals surface area contributed by atoms with Crippen molar-refractivity contribution in [2.24, 2.45) is 5.92 Å². The van der Waals surface area contributed by atoms with Crippen molar-refractivity contribution in [2.45, 2.75) is 44.7 Å². The maximum atomic E-state index is 6.75. The van der Waals surface area contributed by atoms with Gasteiger partial charge in [0.2, 0.25) is 0 Å². The van der Waals surface area contributed by atoms with E-state index in [1.807, 2.05) is 0 Å². The number of nitrogens with zero attached hydrogens (tertiary/aromatic N) is 5. The molecule has 1 saturated carbocycles. The first kappa shape index (κ1) is 18.4. The first-order valence-corrected chi connectivity index (χ1v) is 11.4. The molecular formula is C24H26ClN5. The average Bonchev–Trinajstić information content (AvgIpc) is 3.34. The van der Waals surface area contributed by atoms with Crippen molar-refractivity contribution in [1.82, 2.24) is 24.1 Å². The summed E-state index contributed by atoms with van der Waals surface area (Å²) in [4.78, 5) is 2.52. The van der Waals surface area contributed by atoms with Gasteiger partial charge in [-0.3, -0.25) is 9.30 Å². The second-order valence-electron chi connectivity index (χ2n) is 8.90. The van der Waals surface area contributed by atoms with E-state index >= 15 is 0 Å². The summed E-state index contributed by atoms with van der Waals surface area (Å²) in [7, 11) is 0. The fraction of sp³-hybridized carbons (Fsp3) is 0.417.